The zero-order chi connectivity index (χ0) is 15.4. The lowest BCUT2D eigenvalue weighted by atomic mass is 10.3. The highest BCUT2D eigenvalue weighted by Gasteiger charge is 2.41. The number of aliphatic hydroxyl groups excluding tert-OH is 1. The standard InChI is InChI=1S/C13H21N3O4S/c14-4-3-12(15-5-1-2-10(15)18)21-9-8-11(19)16(6-7-17)13(9)20/h9,12,17H,1-8,14H2. The van der Waals surface area contributed by atoms with Crippen LogP contribution in [-0.2, 0) is 14.4 Å². The van der Waals surface area contributed by atoms with Gasteiger partial charge in [-0.25, -0.2) is 0 Å². The number of β-amino-alcohol motifs (C(OH)–C–C–N with tert-alkyl or cyclic N) is 1. The van der Waals surface area contributed by atoms with Gasteiger partial charge in [0, 0.05) is 19.4 Å². The first-order valence-electron chi connectivity index (χ1n) is 7.18. The maximum atomic E-state index is 12.2. The minimum Gasteiger partial charge on any atom is -0.395 e. The summed E-state index contributed by atoms with van der Waals surface area (Å²) in [6, 6.07) is 0. The fourth-order valence-electron chi connectivity index (χ4n) is 2.70. The average molecular weight is 315 g/mol. The maximum Gasteiger partial charge on any atom is 0.242 e. The van der Waals surface area contributed by atoms with Crippen molar-refractivity contribution in [3.05, 3.63) is 0 Å². The van der Waals surface area contributed by atoms with E-state index in [2.05, 4.69) is 0 Å². The van der Waals surface area contributed by atoms with E-state index >= 15 is 0 Å². The van der Waals surface area contributed by atoms with E-state index in [1.807, 2.05) is 0 Å². The van der Waals surface area contributed by atoms with Gasteiger partial charge in [-0.15, -0.1) is 11.8 Å². The lowest BCUT2D eigenvalue weighted by Crippen LogP contribution is -2.38. The molecule has 2 fully saturated rings. The number of amides is 3. The molecule has 7 nitrogen and oxygen atoms in total. The third-order valence-corrected chi connectivity index (χ3v) is 5.22. The monoisotopic (exact) mass is 315 g/mol. The highest BCUT2D eigenvalue weighted by Crippen LogP contribution is 2.33. The van der Waals surface area contributed by atoms with Gasteiger partial charge in [0.15, 0.2) is 0 Å². The Hall–Kier alpha value is -1.12. The van der Waals surface area contributed by atoms with E-state index < -0.39 is 5.25 Å². The Morgan fingerprint density at radius 3 is 2.67 bits per heavy atom. The molecular formula is C13H21N3O4S. The molecule has 2 unspecified atom stereocenters. The van der Waals surface area contributed by atoms with Crippen molar-refractivity contribution in [3.63, 3.8) is 0 Å². The molecular weight excluding hydrogens is 294 g/mol. The molecule has 0 aromatic carbocycles. The van der Waals surface area contributed by atoms with Crippen molar-refractivity contribution >= 4 is 29.5 Å². The molecule has 2 rings (SSSR count). The van der Waals surface area contributed by atoms with Gasteiger partial charge in [-0.2, -0.15) is 0 Å². The predicted octanol–water partition coefficient (Wildman–Crippen LogP) is -0.863. The Labute approximate surface area is 127 Å². The molecule has 0 aromatic rings. The summed E-state index contributed by atoms with van der Waals surface area (Å²) in [6.07, 6.45) is 2.10. The van der Waals surface area contributed by atoms with Crippen LogP contribution in [0.4, 0.5) is 0 Å². The summed E-state index contributed by atoms with van der Waals surface area (Å²) in [5.74, 6) is -0.441. The Morgan fingerprint density at radius 1 is 1.33 bits per heavy atom. The largest absolute Gasteiger partial charge is 0.395 e. The first-order chi connectivity index (χ1) is 10.1. The second kappa shape index (κ2) is 7.24. The SMILES string of the molecule is NCCC(SC1CC(=O)N(CCO)C1=O)N1CCCC1=O. The van der Waals surface area contributed by atoms with Gasteiger partial charge in [0.2, 0.25) is 17.7 Å². The predicted molar refractivity (Wildman–Crippen MR) is 78.2 cm³/mol. The summed E-state index contributed by atoms with van der Waals surface area (Å²) in [6.45, 7) is 0.924. The fraction of sp³-hybridized carbons (Fsp3) is 0.769. The van der Waals surface area contributed by atoms with Gasteiger partial charge in [-0.05, 0) is 19.4 Å². The van der Waals surface area contributed by atoms with Crippen molar-refractivity contribution in [1.82, 2.24) is 9.80 Å². The van der Waals surface area contributed by atoms with Crippen molar-refractivity contribution in [2.24, 2.45) is 5.73 Å². The van der Waals surface area contributed by atoms with Crippen LogP contribution >= 0.6 is 11.8 Å². The van der Waals surface area contributed by atoms with Gasteiger partial charge < -0.3 is 15.7 Å². The summed E-state index contributed by atoms with van der Waals surface area (Å²) < 4.78 is 0. The molecule has 8 heteroatoms. The number of nitrogens with zero attached hydrogens (tertiary/aromatic N) is 2. The summed E-state index contributed by atoms with van der Waals surface area (Å²) in [5.41, 5.74) is 5.61. The number of hydrogen-bond acceptors (Lipinski definition) is 6. The maximum absolute atomic E-state index is 12.2. The zero-order valence-electron chi connectivity index (χ0n) is 11.9. The Kier molecular flexibility index (Phi) is 5.60. The van der Waals surface area contributed by atoms with Crippen molar-refractivity contribution < 1.29 is 19.5 Å². The molecule has 0 radical (unpaired) electrons. The van der Waals surface area contributed by atoms with Crippen molar-refractivity contribution in [2.45, 2.75) is 36.3 Å². The first-order valence-corrected chi connectivity index (χ1v) is 8.12. The summed E-state index contributed by atoms with van der Waals surface area (Å²) in [5, 5.41) is 8.27. The number of aliphatic hydroxyl groups is 1. The van der Waals surface area contributed by atoms with Gasteiger partial charge >= 0.3 is 0 Å². The number of likely N-dealkylation sites (tertiary alicyclic amines) is 2. The van der Waals surface area contributed by atoms with Crippen molar-refractivity contribution in [3.8, 4) is 0 Å². The molecule has 3 amide bonds. The Morgan fingerprint density at radius 2 is 2.10 bits per heavy atom. The van der Waals surface area contributed by atoms with Gasteiger partial charge in [0.05, 0.1) is 23.8 Å². The minimum absolute atomic E-state index is 0.0406. The molecule has 2 saturated heterocycles. The number of thioether (sulfide) groups is 1. The van der Waals surface area contributed by atoms with E-state index in [0.29, 0.717) is 25.9 Å². The molecule has 3 N–H and O–H groups in total. The van der Waals surface area contributed by atoms with Gasteiger partial charge in [-0.1, -0.05) is 0 Å². The number of carbonyl (C=O) groups is 3. The van der Waals surface area contributed by atoms with E-state index in [9.17, 15) is 14.4 Å². The van der Waals surface area contributed by atoms with E-state index in [1.54, 1.807) is 4.90 Å². The van der Waals surface area contributed by atoms with E-state index in [-0.39, 0.29) is 42.7 Å². The lowest BCUT2D eigenvalue weighted by Gasteiger charge is -2.28. The highest BCUT2D eigenvalue weighted by molar-refractivity contribution is 8.01. The summed E-state index contributed by atoms with van der Waals surface area (Å²) in [7, 11) is 0. The highest BCUT2D eigenvalue weighted by atomic mass is 32.2. The van der Waals surface area contributed by atoms with Crippen LogP contribution < -0.4 is 5.73 Å². The molecule has 0 spiro atoms. The van der Waals surface area contributed by atoms with Crippen LogP contribution in [0.25, 0.3) is 0 Å². The molecule has 0 saturated carbocycles. The second-order valence-corrected chi connectivity index (χ2v) is 6.54. The lowest BCUT2D eigenvalue weighted by molar-refractivity contribution is -0.138. The van der Waals surface area contributed by atoms with Crippen LogP contribution in [-0.4, -0.2) is 69.5 Å². The topological polar surface area (TPSA) is 104 Å². The zero-order valence-corrected chi connectivity index (χ0v) is 12.7. The molecule has 0 bridgehead atoms. The summed E-state index contributed by atoms with van der Waals surface area (Å²) >= 11 is 1.35. The molecule has 2 atom stereocenters. The van der Waals surface area contributed by atoms with Crippen LogP contribution in [0.15, 0.2) is 0 Å². The van der Waals surface area contributed by atoms with Crippen LogP contribution in [0.2, 0.25) is 0 Å². The van der Waals surface area contributed by atoms with Crippen LogP contribution in [0.3, 0.4) is 0 Å². The normalized spacial score (nSPS) is 24.3. The van der Waals surface area contributed by atoms with Gasteiger partial charge in [0.25, 0.3) is 0 Å². The molecule has 0 aromatic heterocycles. The van der Waals surface area contributed by atoms with Crippen LogP contribution in [0, 0.1) is 0 Å². The quantitative estimate of drug-likeness (QED) is 0.592. The smallest absolute Gasteiger partial charge is 0.242 e. The van der Waals surface area contributed by atoms with Crippen LogP contribution in [0.5, 0.6) is 0 Å². The Bertz CT molecular complexity index is 432. The van der Waals surface area contributed by atoms with Gasteiger partial charge in [0.1, 0.15) is 0 Å². The molecule has 2 aliphatic rings. The third-order valence-electron chi connectivity index (χ3n) is 3.72. The van der Waals surface area contributed by atoms with Crippen molar-refractivity contribution in [1.29, 1.82) is 0 Å². The fourth-order valence-corrected chi connectivity index (χ4v) is 4.20. The number of rotatable bonds is 7. The number of nitrogens with two attached hydrogens (primary N) is 1. The summed E-state index contributed by atoms with van der Waals surface area (Å²) in [4.78, 5) is 38.7. The van der Waals surface area contributed by atoms with E-state index in [0.717, 1.165) is 11.3 Å². The molecule has 118 valence electrons. The van der Waals surface area contributed by atoms with E-state index in [1.165, 1.54) is 11.8 Å². The molecule has 21 heavy (non-hydrogen) atoms. The minimum atomic E-state index is -0.478. The number of hydrogen-bond donors (Lipinski definition) is 2. The van der Waals surface area contributed by atoms with Crippen molar-refractivity contribution in [2.75, 3.05) is 26.2 Å². The second-order valence-electron chi connectivity index (χ2n) is 5.16. The Balaban J connectivity index is 2.02. The first kappa shape index (κ1) is 16.3. The number of imide groups is 1. The number of carbonyl (C=O) groups excluding carboxylic acids is 3. The molecule has 2 aliphatic heterocycles. The van der Waals surface area contributed by atoms with Crippen LogP contribution in [0.1, 0.15) is 25.7 Å². The molecule has 2 heterocycles. The van der Waals surface area contributed by atoms with Gasteiger partial charge in [-0.3, -0.25) is 19.3 Å². The molecule has 0 aliphatic carbocycles. The average Bonchev–Trinajstić information content (AvgIpc) is 2.98. The third kappa shape index (κ3) is 3.56. The van der Waals surface area contributed by atoms with E-state index in [4.69, 9.17) is 10.8 Å².